The van der Waals surface area contributed by atoms with E-state index in [1.165, 1.54) is 11.6 Å². The normalized spacial score (nSPS) is 10.9. The summed E-state index contributed by atoms with van der Waals surface area (Å²) in [5.74, 6) is -0.322. The predicted molar refractivity (Wildman–Crippen MR) is 87.5 cm³/mol. The molecule has 2 heterocycles. The Bertz CT molecular complexity index is 929. The standard InChI is InChI=1S/C17H16N4O3/c1-10(22)5-15-14-6-12(13-7-18-11(2)19-8-13)3-4-16(14)21(20-15)9-17(23)24/h3-4,6-8H,5,9H2,1-2H3,(H,23,24). The minimum absolute atomic E-state index is 0.0269. The molecule has 24 heavy (non-hydrogen) atoms. The molecule has 0 atom stereocenters. The Morgan fingerprint density at radius 2 is 1.88 bits per heavy atom. The Morgan fingerprint density at radius 1 is 1.17 bits per heavy atom. The number of carboxylic acids is 1. The van der Waals surface area contributed by atoms with E-state index in [-0.39, 0.29) is 18.7 Å². The second kappa shape index (κ2) is 6.19. The highest BCUT2D eigenvalue weighted by Crippen LogP contribution is 2.26. The quantitative estimate of drug-likeness (QED) is 0.771. The van der Waals surface area contributed by atoms with Crippen LogP contribution < -0.4 is 0 Å². The summed E-state index contributed by atoms with van der Waals surface area (Å²) in [6, 6.07) is 5.57. The number of fused-ring (bicyclic) bond motifs is 1. The van der Waals surface area contributed by atoms with Crippen molar-refractivity contribution in [2.75, 3.05) is 0 Å². The number of aromatic nitrogens is 4. The second-order valence-electron chi connectivity index (χ2n) is 5.63. The maximum atomic E-state index is 11.5. The molecule has 0 radical (unpaired) electrons. The van der Waals surface area contributed by atoms with Crippen molar-refractivity contribution in [2.24, 2.45) is 0 Å². The average Bonchev–Trinajstić information content (AvgIpc) is 2.84. The third-order valence-corrected chi connectivity index (χ3v) is 3.64. The van der Waals surface area contributed by atoms with Crippen LogP contribution in [0, 0.1) is 6.92 Å². The number of carbonyl (C=O) groups excluding carboxylic acids is 1. The van der Waals surface area contributed by atoms with Crippen molar-refractivity contribution >= 4 is 22.7 Å². The zero-order chi connectivity index (χ0) is 17.3. The molecule has 0 aliphatic rings. The van der Waals surface area contributed by atoms with Gasteiger partial charge in [-0.05, 0) is 31.5 Å². The number of aliphatic carboxylic acids is 1. The number of carbonyl (C=O) groups is 2. The fraction of sp³-hybridized carbons (Fsp3) is 0.235. The van der Waals surface area contributed by atoms with E-state index in [1.54, 1.807) is 12.4 Å². The van der Waals surface area contributed by atoms with E-state index in [0.29, 0.717) is 17.0 Å². The van der Waals surface area contributed by atoms with Crippen LogP contribution in [0.25, 0.3) is 22.0 Å². The smallest absolute Gasteiger partial charge is 0.325 e. The summed E-state index contributed by atoms with van der Waals surface area (Å²) in [5, 5.41) is 14.1. The lowest BCUT2D eigenvalue weighted by molar-refractivity contribution is -0.137. The van der Waals surface area contributed by atoms with Crippen LogP contribution in [0.3, 0.4) is 0 Å². The van der Waals surface area contributed by atoms with Crippen LogP contribution >= 0.6 is 0 Å². The van der Waals surface area contributed by atoms with Crippen LogP contribution in [0.2, 0.25) is 0 Å². The van der Waals surface area contributed by atoms with Crippen molar-refractivity contribution < 1.29 is 14.7 Å². The molecule has 1 aromatic carbocycles. The lowest BCUT2D eigenvalue weighted by atomic mass is 10.0. The highest BCUT2D eigenvalue weighted by Gasteiger charge is 2.15. The second-order valence-corrected chi connectivity index (χ2v) is 5.63. The summed E-state index contributed by atoms with van der Waals surface area (Å²) in [6.07, 6.45) is 3.63. The van der Waals surface area contributed by atoms with Gasteiger partial charge in [0.2, 0.25) is 0 Å². The Balaban J connectivity index is 2.14. The third kappa shape index (κ3) is 3.15. The van der Waals surface area contributed by atoms with Gasteiger partial charge in [0.1, 0.15) is 18.2 Å². The van der Waals surface area contributed by atoms with Crippen molar-refractivity contribution in [3.63, 3.8) is 0 Å². The summed E-state index contributed by atoms with van der Waals surface area (Å²) < 4.78 is 1.41. The molecule has 3 aromatic rings. The number of nitrogens with zero attached hydrogens (tertiary/aromatic N) is 4. The molecular formula is C17H16N4O3. The van der Waals surface area contributed by atoms with E-state index >= 15 is 0 Å². The van der Waals surface area contributed by atoms with Gasteiger partial charge in [0.25, 0.3) is 0 Å². The van der Waals surface area contributed by atoms with Crippen LogP contribution in [0.15, 0.2) is 30.6 Å². The minimum atomic E-state index is -0.982. The Kier molecular flexibility index (Phi) is 4.07. The van der Waals surface area contributed by atoms with E-state index < -0.39 is 5.97 Å². The first-order valence-electron chi connectivity index (χ1n) is 7.43. The highest BCUT2D eigenvalue weighted by atomic mass is 16.4. The Labute approximate surface area is 138 Å². The van der Waals surface area contributed by atoms with Gasteiger partial charge < -0.3 is 5.11 Å². The summed E-state index contributed by atoms with van der Waals surface area (Å²) in [4.78, 5) is 30.9. The number of carboxylic acid groups (broad SMARTS) is 1. The van der Waals surface area contributed by atoms with Gasteiger partial charge in [-0.15, -0.1) is 0 Å². The topological polar surface area (TPSA) is 98.0 Å². The van der Waals surface area contributed by atoms with Crippen molar-refractivity contribution in [2.45, 2.75) is 26.8 Å². The number of hydrogen-bond acceptors (Lipinski definition) is 5. The summed E-state index contributed by atoms with van der Waals surface area (Å²) >= 11 is 0. The largest absolute Gasteiger partial charge is 0.480 e. The number of benzene rings is 1. The van der Waals surface area contributed by atoms with Gasteiger partial charge in [-0.1, -0.05) is 6.07 Å². The van der Waals surface area contributed by atoms with Gasteiger partial charge in [-0.3, -0.25) is 14.3 Å². The minimum Gasteiger partial charge on any atom is -0.480 e. The maximum Gasteiger partial charge on any atom is 0.325 e. The van der Waals surface area contributed by atoms with Gasteiger partial charge in [0.15, 0.2) is 0 Å². The first kappa shape index (κ1) is 15.8. The highest BCUT2D eigenvalue weighted by molar-refractivity contribution is 5.91. The molecule has 122 valence electrons. The summed E-state index contributed by atoms with van der Waals surface area (Å²) in [5.41, 5.74) is 3.00. The molecule has 0 spiro atoms. The van der Waals surface area contributed by atoms with E-state index in [1.807, 2.05) is 25.1 Å². The lowest BCUT2D eigenvalue weighted by Crippen LogP contribution is -2.10. The van der Waals surface area contributed by atoms with Crippen molar-refractivity contribution in [3.8, 4) is 11.1 Å². The molecule has 1 N–H and O–H groups in total. The molecule has 0 saturated carbocycles. The SMILES string of the molecule is CC(=O)Cc1nn(CC(=O)O)c2ccc(-c3cnc(C)nc3)cc12. The van der Waals surface area contributed by atoms with Gasteiger partial charge >= 0.3 is 5.97 Å². The van der Waals surface area contributed by atoms with Gasteiger partial charge in [0, 0.05) is 23.3 Å². The molecule has 0 aliphatic carbocycles. The van der Waals surface area contributed by atoms with Crippen LogP contribution in [0.5, 0.6) is 0 Å². The number of ketones is 1. The van der Waals surface area contributed by atoms with E-state index in [9.17, 15) is 9.59 Å². The van der Waals surface area contributed by atoms with Gasteiger partial charge in [0.05, 0.1) is 17.6 Å². The molecule has 0 aliphatic heterocycles. The average molecular weight is 324 g/mol. The molecule has 7 heteroatoms. The molecule has 2 aromatic heterocycles. The zero-order valence-electron chi connectivity index (χ0n) is 13.4. The first-order valence-corrected chi connectivity index (χ1v) is 7.43. The Hall–Kier alpha value is -3.09. The molecule has 0 bridgehead atoms. The van der Waals surface area contributed by atoms with E-state index in [0.717, 1.165) is 16.5 Å². The Morgan fingerprint density at radius 3 is 2.50 bits per heavy atom. The van der Waals surface area contributed by atoms with E-state index in [4.69, 9.17) is 5.11 Å². The number of Topliss-reactive ketones (excluding diaryl/α,β-unsaturated/α-hetero) is 1. The van der Waals surface area contributed by atoms with Crippen LogP contribution in [0.1, 0.15) is 18.4 Å². The fourth-order valence-electron chi connectivity index (χ4n) is 2.58. The van der Waals surface area contributed by atoms with Gasteiger partial charge in [-0.25, -0.2) is 9.97 Å². The van der Waals surface area contributed by atoms with Crippen molar-refractivity contribution in [3.05, 3.63) is 42.1 Å². The molecule has 0 unspecified atom stereocenters. The molecule has 0 amide bonds. The van der Waals surface area contributed by atoms with Gasteiger partial charge in [-0.2, -0.15) is 5.10 Å². The number of aryl methyl sites for hydroxylation is 1. The number of hydrogen-bond donors (Lipinski definition) is 1. The molecule has 7 nitrogen and oxygen atoms in total. The lowest BCUT2D eigenvalue weighted by Gasteiger charge is -2.03. The third-order valence-electron chi connectivity index (χ3n) is 3.64. The summed E-state index contributed by atoms with van der Waals surface area (Å²) in [7, 11) is 0. The predicted octanol–water partition coefficient (Wildman–Crippen LogP) is 2.02. The summed E-state index contributed by atoms with van der Waals surface area (Å²) in [6.45, 7) is 3.05. The van der Waals surface area contributed by atoms with Crippen molar-refractivity contribution in [1.29, 1.82) is 0 Å². The zero-order valence-corrected chi connectivity index (χ0v) is 13.4. The van der Waals surface area contributed by atoms with Crippen LogP contribution in [-0.2, 0) is 22.6 Å². The molecule has 3 rings (SSSR count). The first-order chi connectivity index (χ1) is 11.4. The number of rotatable bonds is 5. The van der Waals surface area contributed by atoms with Crippen LogP contribution in [-0.4, -0.2) is 36.6 Å². The maximum absolute atomic E-state index is 11.5. The van der Waals surface area contributed by atoms with Crippen LogP contribution in [0.4, 0.5) is 0 Å². The van der Waals surface area contributed by atoms with Crippen molar-refractivity contribution in [1.82, 2.24) is 19.7 Å². The fourth-order valence-corrected chi connectivity index (χ4v) is 2.58. The monoisotopic (exact) mass is 324 g/mol. The van der Waals surface area contributed by atoms with E-state index in [2.05, 4.69) is 15.1 Å². The molecule has 0 fully saturated rings. The molecular weight excluding hydrogens is 308 g/mol. The molecule has 0 saturated heterocycles.